The summed E-state index contributed by atoms with van der Waals surface area (Å²) in [6.07, 6.45) is 5.95. The average molecular weight is 564 g/mol. The summed E-state index contributed by atoms with van der Waals surface area (Å²) in [6, 6.07) is 15.8. The molecule has 0 spiro atoms. The van der Waals surface area contributed by atoms with E-state index in [0.29, 0.717) is 40.3 Å². The third-order valence-electron chi connectivity index (χ3n) is 5.94. The van der Waals surface area contributed by atoms with Gasteiger partial charge in [-0.1, -0.05) is 23.4 Å². The molecule has 0 fully saturated rings. The van der Waals surface area contributed by atoms with Gasteiger partial charge in [0.1, 0.15) is 6.07 Å². The molecular weight excluding hydrogens is 541 g/mol. The first-order valence-corrected chi connectivity index (χ1v) is 13.5. The maximum atomic E-state index is 9.84. The lowest BCUT2D eigenvalue weighted by Gasteiger charge is -2.15. The number of ether oxygens (including phenoxy) is 2. The molecule has 5 aromatic rings. The fraction of sp³-hybridized carbons (Fsp3) is 0.179. The molecule has 0 unspecified atom stereocenters. The van der Waals surface area contributed by atoms with Crippen molar-refractivity contribution in [2.45, 2.75) is 16.5 Å². The lowest BCUT2D eigenvalue weighted by Crippen LogP contribution is -2.00. The van der Waals surface area contributed by atoms with Gasteiger partial charge in [0.15, 0.2) is 16.7 Å². The number of methoxy groups -OCH3 is 1. The van der Waals surface area contributed by atoms with E-state index in [1.54, 1.807) is 19.5 Å². The minimum atomic E-state index is 0.424. The van der Waals surface area contributed by atoms with Gasteiger partial charge < -0.3 is 19.4 Å². The Morgan fingerprint density at radius 3 is 2.63 bits per heavy atom. The molecule has 0 amide bonds. The molecule has 0 saturated carbocycles. The maximum absolute atomic E-state index is 9.84. The van der Waals surface area contributed by atoms with E-state index in [1.807, 2.05) is 60.3 Å². The molecule has 2 heterocycles. The standard InChI is InChI=1S/C28H23Cl2N5O2S/c1-35-8-7-32-28(35)38-26-5-4-20(14-22(26)30)34-27-19(15-31)16-33-23-11-18-13-25(37-9-3-6-29)24(36-2)12-17(18)10-21(23)27/h4-5,7-8,10-14,16H,3,6,9H2,1-2H3,(H,33,34). The number of alkyl halides is 1. The van der Waals surface area contributed by atoms with E-state index < -0.39 is 0 Å². The first kappa shape index (κ1) is 26.0. The van der Waals surface area contributed by atoms with Gasteiger partial charge >= 0.3 is 0 Å². The highest BCUT2D eigenvalue weighted by atomic mass is 35.5. The van der Waals surface area contributed by atoms with E-state index >= 15 is 0 Å². The van der Waals surface area contributed by atoms with E-state index in [-0.39, 0.29) is 0 Å². The highest BCUT2D eigenvalue weighted by Crippen LogP contribution is 2.39. The van der Waals surface area contributed by atoms with Crippen molar-refractivity contribution >= 4 is 68.0 Å². The summed E-state index contributed by atoms with van der Waals surface area (Å²) in [5.74, 6) is 1.80. The molecule has 1 N–H and O–H groups in total. The second-order valence-electron chi connectivity index (χ2n) is 8.46. The Hall–Kier alpha value is -3.64. The molecule has 0 atom stereocenters. The van der Waals surface area contributed by atoms with Gasteiger partial charge in [0, 0.05) is 47.5 Å². The Bertz CT molecular complexity index is 1680. The number of benzene rings is 3. The van der Waals surface area contributed by atoms with Crippen LogP contribution in [0.5, 0.6) is 11.5 Å². The second-order valence-corrected chi connectivity index (χ2v) is 10.3. The summed E-state index contributed by atoms with van der Waals surface area (Å²) in [7, 11) is 3.55. The number of pyridine rings is 1. The number of rotatable bonds is 9. The van der Waals surface area contributed by atoms with Gasteiger partial charge in [0.05, 0.1) is 35.5 Å². The smallest absolute Gasteiger partial charge is 0.172 e. The van der Waals surface area contributed by atoms with E-state index in [4.69, 9.17) is 32.7 Å². The fourth-order valence-electron chi connectivity index (χ4n) is 4.03. The number of nitrogens with zero attached hydrogens (tertiary/aromatic N) is 4. The van der Waals surface area contributed by atoms with Gasteiger partial charge in [0.2, 0.25) is 0 Å². The quantitative estimate of drug-likeness (QED) is 0.112. The van der Waals surface area contributed by atoms with Gasteiger partial charge in [-0.3, -0.25) is 4.98 Å². The number of aryl methyl sites for hydroxylation is 1. The maximum Gasteiger partial charge on any atom is 0.172 e. The van der Waals surface area contributed by atoms with Crippen molar-refractivity contribution in [3.05, 3.63) is 71.6 Å². The minimum Gasteiger partial charge on any atom is -0.493 e. The lowest BCUT2D eigenvalue weighted by molar-refractivity contribution is 0.295. The molecule has 0 aliphatic rings. The zero-order valence-corrected chi connectivity index (χ0v) is 23.0. The predicted molar refractivity (Wildman–Crippen MR) is 153 cm³/mol. The molecule has 38 heavy (non-hydrogen) atoms. The highest BCUT2D eigenvalue weighted by molar-refractivity contribution is 7.99. The van der Waals surface area contributed by atoms with Crippen molar-refractivity contribution in [2.75, 3.05) is 24.9 Å². The van der Waals surface area contributed by atoms with Crippen molar-refractivity contribution in [3.8, 4) is 17.6 Å². The van der Waals surface area contributed by atoms with E-state index in [9.17, 15) is 5.26 Å². The number of hydrogen-bond donors (Lipinski definition) is 1. The highest BCUT2D eigenvalue weighted by Gasteiger charge is 2.15. The monoisotopic (exact) mass is 563 g/mol. The Balaban J connectivity index is 1.53. The Morgan fingerprint density at radius 1 is 1.11 bits per heavy atom. The molecule has 0 bridgehead atoms. The molecule has 7 nitrogen and oxygen atoms in total. The van der Waals surface area contributed by atoms with Crippen LogP contribution in [-0.4, -0.2) is 34.1 Å². The number of anilines is 2. The molecule has 10 heteroatoms. The van der Waals surface area contributed by atoms with Gasteiger partial charge in [-0.15, -0.1) is 11.6 Å². The summed E-state index contributed by atoms with van der Waals surface area (Å²) in [5.41, 5.74) is 2.57. The summed E-state index contributed by atoms with van der Waals surface area (Å²) >= 11 is 13.9. The van der Waals surface area contributed by atoms with E-state index in [1.165, 1.54) is 11.8 Å². The average Bonchev–Trinajstić information content (AvgIpc) is 3.33. The second kappa shape index (κ2) is 11.4. The Morgan fingerprint density at radius 2 is 1.92 bits per heavy atom. The normalized spacial score (nSPS) is 11.0. The van der Waals surface area contributed by atoms with Crippen LogP contribution in [0.25, 0.3) is 21.7 Å². The van der Waals surface area contributed by atoms with Crippen LogP contribution in [0.3, 0.4) is 0 Å². The Labute approximate surface area is 234 Å². The van der Waals surface area contributed by atoms with Gasteiger partial charge in [-0.05, 0) is 59.7 Å². The van der Waals surface area contributed by atoms with Crippen LogP contribution in [-0.2, 0) is 7.05 Å². The molecule has 0 saturated heterocycles. The van der Waals surface area contributed by atoms with Crippen LogP contribution in [0.1, 0.15) is 12.0 Å². The van der Waals surface area contributed by atoms with Crippen LogP contribution in [0.2, 0.25) is 5.02 Å². The number of nitriles is 1. The minimum absolute atomic E-state index is 0.424. The van der Waals surface area contributed by atoms with Gasteiger partial charge in [0.25, 0.3) is 0 Å². The number of nitrogens with one attached hydrogen (secondary N) is 1. The summed E-state index contributed by atoms with van der Waals surface area (Å²) < 4.78 is 13.4. The molecule has 0 radical (unpaired) electrons. The van der Waals surface area contributed by atoms with Crippen LogP contribution in [0.15, 0.2) is 71.1 Å². The van der Waals surface area contributed by atoms with Gasteiger partial charge in [-0.2, -0.15) is 5.26 Å². The molecule has 2 aromatic heterocycles. The van der Waals surface area contributed by atoms with E-state index in [0.717, 1.165) is 43.8 Å². The number of halogens is 2. The predicted octanol–water partition coefficient (Wildman–Crippen LogP) is 7.56. The Kier molecular flexibility index (Phi) is 7.79. The van der Waals surface area contributed by atoms with Crippen molar-refractivity contribution in [3.63, 3.8) is 0 Å². The molecule has 5 rings (SSSR count). The molecule has 0 aliphatic carbocycles. The zero-order valence-electron chi connectivity index (χ0n) is 20.7. The third-order valence-corrected chi connectivity index (χ3v) is 7.79. The van der Waals surface area contributed by atoms with Crippen LogP contribution < -0.4 is 14.8 Å². The molecular formula is C28H23Cl2N5O2S. The van der Waals surface area contributed by atoms with Crippen molar-refractivity contribution < 1.29 is 9.47 Å². The first-order chi connectivity index (χ1) is 18.5. The van der Waals surface area contributed by atoms with Crippen LogP contribution in [0.4, 0.5) is 11.4 Å². The number of aromatic nitrogens is 3. The van der Waals surface area contributed by atoms with Gasteiger partial charge in [-0.25, -0.2) is 4.98 Å². The van der Waals surface area contributed by atoms with Crippen LogP contribution in [0, 0.1) is 11.3 Å². The van der Waals surface area contributed by atoms with Crippen LogP contribution >= 0.6 is 35.0 Å². The fourth-order valence-corrected chi connectivity index (χ4v) is 5.24. The third kappa shape index (κ3) is 5.32. The lowest BCUT2D eigenvalue weighted by atomic mass is 10.0. The zero-order chi connectivity index (χ0) is 26.6. The number of imidazole rings is 1. The summed E-state index contributed by atoms with van der Waals surface area (Å²) in [5, 5.41) is 17.3. The van der Waals surface area contributed by atoms with Crippen molar-refractivity contribution in [1.29, 1.82) is 5.26 Å². The van der Waals surface area contributed by atoms with Crippen molar-refractivity contribution in [1.82, 2.24) is 14.5 Å². The SMILES string of the molecule is COc1cc2cc3c(Nc4ccc(Sc5nccn5C)c(Cl)c4)c(C#N)cnc3cc2cc1OCCCCl. The molecule has 192 valence electrons. The van der Waals surface area contributed by atoms with Crippen molar-refractivity contribution in [2.24, 2.45) is 7.05 Å². The summed E-state index contributed by atoms with van der Waals surface area (Å²) in [6.45, 7) is 0.498. The molecule has 0 aliphatic heterocycles. The topological polar surface area (TPSA) is 85.0 Å². The first-order valence-electron chi connectivity index (χ1n) is 11.8. The molecule has 3 aromatic carbocycles. The number of hydrogen-bond acceptors (Lipinski definition) is 7. The van der Waals surface area contributed by atoms with E-state index in [2.05, 4.69) is 21.4 Å². The summed E-state index contributed by atoms with van der Waals surface area (Å²) in [4.78, 5) is 9.77. The number of fused-ring (bicyclic) bond motifs is 2. The largest absolute Gasteiger partial charge is 0.493 e.